The lowest BCUT2D eigenvalue weighted by molar-refractivity contribution is -0.0180. The molecular weight excluding hydrogens is 398 g/mol. The topological polar surface area (TPSA) is 98.7 Å². The molecule has 2 heterocycles. The third-order valence-electron chi connectivity index (χ3n) is 5.35. The van der Waals surface area contributed by atoms with Crippen LogP contribution in [-0.2, 0) is 9.47 Å². The molecule has 0 aromatic rings. The zero-order valence-corrected chi connectivity index (χ0v) is 20.1. The number of nitrogens with one attached hydrogen (secondary N) is 2. The highest BCUT2D eigenvalue weighted by Gasteiger charge is 2.31. The van der Waals surface area contributed by atoms with Crippen molar-refractivity contribution in [3.8, 4) is 0 Å². The van der Waals surface area contributed by atoms with Crippen LogP contribution in [0.15, 0.2) is 4.99 Å². The third-order valence-corrected chi connectivity index (χ3v) is 5.35. The van der Waals surface area contributed by atoms with Gasteiger partial charge in [0.25, 0.3) is 0 Å². The van der Waals surface area contributed by atoms with Crippen molar-refractivity contribution in [3.05, 3.63) is 0 Å². The van der Waals surface area contributed by atoms with Gasteiger partial charge in [0.15, 0.2) is 5.96 Å². The lowest BCUT2D eigenvalue weighted by Crippen LogP contribution is -2.52. The average molecular weight is 442 g/mol. The summed E-state index contributed by atoms with van der Waals surface area (Å²) in [6.45, 7) is 15.5. The summed E-state index contributed by atoms with van der Waals surface area (Å²) in [4.78, 5) is 21.3. The summed E-state index contributed by atoms with van der Waals surface area (Å²) in [5, 5.41) is 17.4. The van der Waals surface area contributed by atoms with E-state index in [0.717, 1.165) is 38.9 Å². The number of carbonyl (C=O) groups excluding carboxylic acids is 1. The first-order valence-corrected chi connectivity index (χ1v) is 11.6. The molecule has 0 aromatic carbocycles. The van der Waals surface area contributed by atoms with Gasteiger partial charge in [-0.25, -0.2) is 4.79 Å². The van der Waals surface area contributed by atoms with E-state index >= 15 is 0 Å². The highest BCUT2D eigenvalue weighted by atomic mass is 16.6. The van der Waals surface area contributed by atoms with Gasteiger partial charge in [-0.15, -0.1) is 0 Å². The van der Waals surface area contributed by atoms with Crippen molar-refractivity contribution in [2.45, 2.75) is 71.1 Å². The monoisotopic (exact) mass is 441 g/mol. The number of ether oxygens (including phenoxy) is 2. The zero-order valence-electron chi connectivity index (χ0n) is 20.1. The van der Waals surface area contributed by atoms with Crippen LogP contribution in [0.1, 0.15) is 53.9 Å². The molecule has 2 aliphatic rings. The summed E-state index contributed by atoms with van der Waals surface area (Å²) >= 11 is 0. The van der Waals surface area contributed by atoms with Gasteiger partial charge in [-0.3, -0.25) is 9.89 Å². The van der Waals surface area contributed by atoms with Crippen molar-refractivity contribution in [1.82, 2.24) is 20.4 Å². The Balaban J connectivity index is 1.92. The van der Waals surface area contributed by atoms with Crippen LogP contribution in [0, 0.1) is 0 Å². The van der Waals surface area contributed by atoms with Gasteiger partial charge in [-0.2, -0.15) is 0 Å². The first-order valence-electron chi connectivity index (χ1n) is 11.6. The Morgan fingerprint density at radius 2 is 1.87 bits per heavy atom. The predicted molar refractivity (Wildman–Crippen MR) is 122 cm³/mol. The number of morpholine rings is 1. The number of piperidine rings is 1. The van der Waals surface area contributed by atoms with Crippen molar-refractivity contribution in [2.75, 3.05) is 59.0 Å². The van der Waals surface area contributed by atoms with Crippen LogP contribution in [0.5, 0.6) is 0 Å². The molecule has 2 fully saturated rings. The van der Waals surface area contributed by atoms with Gasteiger partial charge < -0.3 is 30.1 Å². The Hall–Kier alpha value is -1.58. The molecule has 0 spiro atoms. The molecule has 2 saturated heterocycles. The fourth-order valence-corrected chi connectivity index (χ4v) is 3.87. The third kappa shape index (κ3) is 9.62. The molecule has 2 atom stereocenters. The molecule has 0 bridgehead atoms. The summed E-state index contributed by atoms with van der Waals surface area (Å²) < 4.78 is 11.0. The fourth-order valence-electron chi connectivity index (χ4n) is 3.87. The van der Waals surface area contributed by atoms with E-state index in [2.05, 4.69) is 20.5 Å². The number of aliphatic hydroxyl groups is 1. The lowest BCUT2D eigenvalue weighted by Gasteiger charge is -2.37. The van der Waals surface area contributed by atoms with Crippen LogP contribution < -0.4 is 10.6 Å². The highest BCUT2D eigenvalue weighted by molar-refractivity contribution is 5.80. The Morgan fingerprint density at radius 1 is 1.16 bits per heavy atom. The summed E-state index contributed by atoms with van der Waals surface area (Å²) in [6, 6.07) is 0.0568. The van der Waals surface area contributed by atoms with E-state index in [1.54, 1.807) is 0 Å². The lowest BCUT2D eigenvalue weighted by atomic mass is 10.0. The summed E-state index contributed by atoms with van der Waals surface area (Å²) in [7, 11) is 0. The van der Waals surface area contributed by atoms with Gasteiger partial charge >= 0.3 is 6.09 Å². The van der Waals surface area contributed by atoms with Gasteiger partial charge in [-0.05, 0) is 53.9 Å². The van der Waals surface area contributed by atoms with Crippen molar-refractivity contribution in [2.24, 2.45) is 4.99 Å². The molecule has 0 aliphatic carbocycles. The minimum Gasteiger partial charge on any atom is -0.444 e. The number of amides is 1. The number of aliphatic imine (C=N–C) groups is 1. The second-order valence-electron chi connectivity index (χ2n) is 9.78. The highest BCUT2D eigenvalue weighted by Crippen LogP contribution is 2.20. The average Bonchev–Trinajstić information content (AvgIpc) is 2.69. The smallest absolute Gasteiger partial charge is 0.410 e. The maximum Gasteiger partial charge on any atom is 0.410 e. The molecule has 0 saturated carbocycles. The van der Waals surface area contributed by atoms with E-state index in [9.17, 15) is 9.90 Å². The maximum absolute atomic E-state index is 12.6. The van der Waals surface area contributed by atoms with Crippen LogP contribution >= 0.6 is 0 Å². The molecule has 1 amide bonds. The van der Waals surface area contributed by atoms with Crippen molar-refractivity contribution in [3.63, 3.8) is 0 Å². The first kappa shape index (κ1) is 25.7. The van der Waals surface area contributed by atoms with E-state index < -0.39 is 11.2 Å². The molecule has 2 rings (SSSR count). The number of hydrogen-bond acceptors (Lipinski definition) is 6. The Kier molecular flexibility index (Phi) is 9.84. The molecule has 2 aliphatic heterocycles. The second-order valence-corrected chi connectivity index (χ2v) is 9.78. The van der Waals surface area contributed by atoms with E-state index in [1.165, 1.54) is 0 Å². The summed E-state index contributed by atoms with van der Waals surface area (Å²) in [6.07, 6.45) is 2.76. The number of likely N-dealkylation sites (tertiary alicyclic amines) is 1. The van der Waals surface area contributed by atoms with Crippen molar-refractivity contribution >= 4 is 12.1 Å². The van der Waals surface area contributed by atoms with Gasteiger partial charge in [0.1, 0.15) is 5.60 Å². The largest absolute Gasteiger partial charge is 0.444 e. The molecule has 2 unspecified atom stereocenters. The van der Waals surface area contributed by atoms with Gasteiger partial charge in [0, 0.05) is 39.3 Å². The number of β-amino-alcohol motifs (C(OH)–C–C–N with tert-alkyl or cyclic N) is 1. The standard InChI is InChI=1S/C22H43N5O4/c1-6-23-19(25-16-22(5,29)17-26-11-13-30-14-12-26)24-15-18-9-7-8-10-27(18)20(28)31-21(2,3)4/h18,29H,6-17H2,1-5H3,(H2,23,24,25). The van der Waals surface area contributed by atoms with E-state index in [-0.39, 0.29) is 12.1 Å². The van der Waals surface area contributed by atoms with E-state index in [1.807, 2.05) is 39.5 Å². The Morgan fingerprint density at radius 3 is 2.52 bits per heavy atom. The number of nitrogens with zero attached hydrogens (tertiary/aromatic N) is 3. The minimum atomic E-state index is -0.924. The maximum atomic E-state index is 12.6. The van der Waals surface area contributed by atoms with Crippen LogP contribution in [0.2, 0.25) is 0 Å². The zero-order chi connectivity index (χ0) is 22.9. The molecule has 0 radical (unpaired) electrons. The minimum absolute atomic E-state index is 0.0568. The molecule has 9 heteroatoms. The summed E-state index contributed by atoms with van der Waals surface area (Å²) in [5.74, 6) is 0.652. The Bertz CT molecular complexity index is 585. The second kappa shape index (κ2) is 11.9. The van der Waals surface area contributed by atoms with Crippen molar-refractivity contribution in [1.29, 1.82) is 0 Å². The number of rotatable bonds is 7. The van der Waals surface area contributed by atoms with E-state index in [0.29, 0.717) is 45.4 Å². The first-order chi connectivity index (χ1) is 14.6. The van der Waals surface area contributed by atoms with Crippen LogP contribution in [0.3, 0.4) is 0 Å². The van der Waals surface area contributed by atoms with Gasteiger partial charge in [0.2, 0.25) is 0 Å². The molecule has 0 aromatic heterocycles. The number of carbonyl (C=O) groups is 1. The van der Waals surface area contributed by atoms with Crippen LogP contribution in [0.25, 0.3) is 0 Å². The SMILES string of the molecule is CCNC(=NCC(C)(O)CN1CCOCC1)NCC1CCCCN1C(=O)OC(C)(C)C. The molecule has 31 heavy (non-hydrogen) atoms. The predicted octanol–water partition coefficient (Wildman–Crippen LogP) is 1.41. The van der Waals surface area contributed by atoms with Gasteiger partial charge in [0.05, 0.1) is 31.4 Å². The Labute approximate surface area is 187 Å². The quantitative estimate of drug-likeness (QED) is 0.406. The van der Waals surface area contributed by atoms with Crippen molar-refractivity contribution < 1.29 is 19.4 Å². The molecular formula is C22H43N5O4. The van der Waals surface area contributed by atoms with Gasteiger partial charge in [-0.1, -0.05) is 0 Å². The van der Waals surface area contributed by atoms with Crippen LogP contribution in [-0.4, -0.2) is 103 Å². The molecule has 9 nitrogen and oxygen atoms in total. The van der Waals surface area contributed by atoms with E-state index in [4.69, 9.17) is 9.47 Å². The normalized spacial score (nSPS) is 23.2. The molecule has 3 N–H and O–H groups in total. The summed E-state index contributed by atoms with van der Waals surface area (Å²) in [5.41, 5.74) is -1.43. The molecule has 180 valence electrons. The van der Waals surface area contributed by atoms with Crippen LogP contribution in [0.4, 0.5) is 4.79 Å². The number of hydrogen-bond donors (Lipinski definition) is 3. The fraction of sp³-hybridized carbons (Fsp3) is 0.909. The number of guanidine groups is 1.